The van der Waals surface area contributed by atoms with Crippen molar-refractivity contribution in [3.8, 4) is 0 Å². The van der Waals surface area contributed by atoms with Crippen LogP contribution in [0, 0.1) is 0 Å². The van der Waals surface area contributed by atoms with Gasteiger partial charge in [-0.15, -0.1) is 0 Å². The average molecular weight is 255 g/mol. The van der Waals surface area contributed by atoms with Gasteiger partial charge in [-0.25, -0.2) is 0 Å². The number of rotatable bonds is 1. The van der Waals surface area contributed by atoms with Crippen LogP contribution in [0.1, 0.15) is 15.9 Å². The maximum atomic E-state index is 11.4. The number of carbonyl (C=O) groups is 1. The summed E-state index contributed by atoms with van der Waals surface area (Å²) in [5.74, 6) is 0.0195. The number of amides is 1. The van der Waals surface area contributed by atoms with Gasteiger partial charge in [0.05, 0.1) is 5.69 Å². The Morgan fingerprint density at radius 3 is 2.79 bits per heavy atom. The number of carbonyl (C=O) groups excluding carboxylic acids is 1. The molecule has 4 heteroatoms. The lowest BCUT2D eigenvalue weighted by Gasteiger charge is -2.15. The molecule has 0 spiro atoms. The smallest absolute Gasteiger partial charge is 0.251 e. The summed E-state index contributed by atoms with van der Waals surface area (Å²) in [4.78, 5) is 13.4. The molecule has 3 nitrogen and oxygen atoms in total. The molecule has 1 aliphatic heterocycles. The topological polar surface area (TPSA) is 32.3 Å². The van der Waals surface area contributed by atoms with Gasteiger partial charge in [-0.05, 0) is 33.6 Å². The molecule has 0 atom stereocenters. The molecule has 1 N–H and O–H groups in total. The zero-order valence-corrected chi connectivity index (χ0v) is 9.68. The van der Waals surface area contributed by atoms with Gasteiger partial charge in [0.1, 0.15) is 0 Å². The summed E-state index contributed by atoms with van der Waals surface area (Å²) in [6, 6.07) is 3.92. The molecule has 0 bridgehead atoms. The largest absolute Gasteiger partial charge is 0.377 e. The van der Waals surface area contributed by atoms with Crippen molar-refractivity contribution in [1.82, 2.24) is 5.32 Å². The highest BCUT2D eigenvalue weighted by molar-refractivity contribution is 9.10. The molecule has 1 aromatic carbocycles. The average Bonchev–Trinajstić information content (AvgIpc) is 2.46. The maximum absolute atomic E-state index is 11.4. The molecular weight excluding hydrogens is 244 g/mol. The summed E-state index contributed by atoms with van der Waals surface area (Å²) in [5.41, 5.74) is 2.95. The van der Waals surface area contributed by atoms with Crippen LogP contribution < -0.4 is 10.2 Å². The fraction of sp³-hybridized carbons (Fsp3) is 0.300. The minimum Gasteiger partial charge on any atom is -0.377 e. The SMILES string of the molecule is CN(C)c1cc2c(cc1Br)C(=O)NC2. The lowest BCUT2D eigenvalue weighted by Crippen LogP contribution is -2.12. The second-order valence-electron chi connectivity index (χ2n) is 3.54. The highest BCUT2D eigenvalue weighted by atomic mass is 79.9. The van der Waals surface area contributed by atoms with Crippen molar-refractivity contribution in [1.29, 1.82) is 0 Å². The van der Waals surface area contributed by atoms with Crippen LogP contribution in [0.25, 0.3) is 0 Å². The molecule has 0 saturated carbocycles. The molecular formula is C10H11BrN2O. The van der Waals surface area contributed by atoms with Crippen LogP contribution in [-0.2, 0) is 6.54 Å². The van der Waals surface area contributed by atoms with Crippen molar-refractivity contribution >= 4 is 27.5 Å². The van der Waals surface area contributed by atoms with Crippen LogP contribution in [0.4, 0.5) is 5.69 Å². The molecule has 0 radical (unpaired) electrons. The lowest BCUT2D eigenvalue weighted by atomic mass is 10.1. The van der Waals surface area contributed by atoms with Crippen molar-refractivity contribution in [2.24, 2.45) is 0 Å². The predicted octanol–water partition coefficient (Wildman–Crippen LogP) is 1.76. The van der Waals surface area contributed by atoms with E-state index in [4.69, 9.17) is 0 Å². The first kappa shape index (κ1) is 9.52. The minimum atomic E-state index is 0.0195. The molecule has 1 aromatic rings. The van der Waals surface area contributed by atoms with E-state index in [2.05, 4.69) is 21.2 Å². The van der Waals surface area contributed by atoms with Crippen LogP contribution in [-0.4, -0.2) is 20.0 Å². The first-order chi connectivity index (χ1) is 6.59. The van der Waals surface area contributed by atoms with E-state index in [9.17, 15) is 4.79 Å². The molecule has 0 aliphatic carbocycles. The summed E-state index contributed by atoms with van der Waals surface area (Å²) in [6.07, 6.45) is 0. The van der Waals surface area contributed by atoms with Crippen molar-refractivity contribution in [3.05, 3.63) is 27.7 Å². The molecule has 0 fully saturated rings. The Balaban J connectivity index is 2.55. The molecule has 1 aliphatic rings. The van der Waals surface area contributed by atoms with Gasteiger partial charge in [-0.1, -0.05) is 0 Å². The summed E-state index contributed by atoms with van der Waals surface area (Å²) in [5, 5.41) is 2.80. The van der Waals surface area contributed by atoms with Gasteiger partial charge >= 0.3 is 0 Å². The van der Waals surface area contributed by atoms with Crippen LogP contribution in [0.15, 0.2) is 16.6 Å². The standard InChI is InChI=1S/C10H11BrN2O/c1-13(2)9-3-6-5-12-10(14)7(6)4-8(9)11/h3-4H,5H2,1-2H3,(H,12,14). The molecule has 0 unspecified atom stereocenters. The zero-order valence-electron chi connectivity index (χ0n) is 8.10. The highest BCUT2D eigenvalue weighted by Crippen LogP contribution is 2.30. The van der Waals surface area contributed by atoms with E-state index in [0.29, 0.717) is 6.54 Å². The second kappa shape index (κ2) is 3.28. The van der Waals surface area contributed by atoms with Crippen molar-refractivity contribution in [3.63, 3.8) is 0 Å². The fourth-order valence-electron chi connectivity index (χ4n) is 1.58. The predicted molar refractivity (Wildman–Crippen MR) is 59.6 cm³/mol. The van der Waals surface area contributed by atoms with E-state index >= 15 is 0 Å². The Kier molecular flexibility index (Phi) is 2.23. The van der Waals surface area contributed by atoms with Gasteiger partial charge in [0.15, 0.2) is 0 Å². The minimum absolute atomic E-state index is 0.0195. The Labute approximate surface area is 91.2 Å². The van der Waals surface area contributed by atoms with Gasteiger partial charge in [0.25, 0.3) is 5.91 Å². The molecule has 2 rings (SSSR count). The third-order valence-electron chi connectivity index (χ3n) is 2.34. The number of nitrogens with one attached hydrogen (secondary N) is 1. The molecule has 1 heterocycles. The molecule has 74 valence electrons. The zero-order chi connectivity index (χ0) is 10.3. The third kappa shape index (κ3) is 1.39. The molecule has 1 amide bonds. The van der Waals surface area contributed by atoms with Crippen LogP contribution in [0.5, 0.6) is 0 Å². The van der Waals surface area contributed by atoms with Gasteiger partial charge in [0, 0.05) is 30.7 Å². The van der Waals surface area contributed by atoms with Gasteiger partial charge in [-0.2, -0.15) is 0 Å². The molecule has 0 saturated heterocycles. The number of anilines is 1. The van der Waals surface area contributed by atoms with Crippen molar-refractivity contribution in [2.45, 2.75) is 6.54 Å². The van der Waals surface area contributed by atoms with Crippen LogP contribution in [0.3, 0.4) is 0 Å². The van der Waals surface area contributed by atoms with E-state index < -0.39 is 0 Å². The maximum Gasteiger partial charge on any atom is 0.251 e. The van der Waals surface area contributed by atoms with E-state index in [1.165, 1.54) is 0 Å². The summed E-state index contributed by atoms with van der Waals surface area (Å²) in [6.45, 7) is 0.641. The number of benzene rings is 1. The highest BCUT2D eigenvalue weighted by Gasteiger charge is 2.20. The normalized spacial score (nSPS) is 13.8. The van der Waals surface area contributed by atoms with E-state index in [-0.39, 0.29) is 5.91 Å². The lowest BCUT2D eigenvalue weighted by molar-refractivity contribution is 0.0965. The van der Waals surface area contributed by atoms with Crippen LogP contribution >= 0.6 is 15.9 Å². The monoisotopic (exact) mass is 254 g/mol. The van der Waals surface area contributed by atoms with E-state index in [1.807, 2.05) is 31.1 Å². The summed E-state index contributed by atoms with van der Waals surface area (Å²) >= 11 is 3.46. The molecule has 14 heavy (non-hydrogen) atoms. The van der Waals surface area contributed by atoms with Crippen LogP contribution in [0.2, 0.25) is 0 Å². The molecule has 0 aromatic heterocycles. The Morgan fingerprint density at radius 2 is 2.14 bits per heavy atom. The first-order valence-corrected chi connectivity index (χ1v) is 5.17. The van der Waals surface area contributed by atoms with Gasteiger partial charge < -0.3 is 10.2 Å². The fourth-order valence-corrected chi connectivity index (χ4v) is 2.27. The Hall–Kier alpha value is -1.03. The number of hydrogen-bond donors (Lipinski definition) is 1. The van der Waals surface area contributed by atoms with Gasteiger partial charge in [0.2, 0.25) is 0 Å². The second-order valence-corrected chi connectivity index (χ2v) is 4.39. The van der Waals surface area contributed by atoms with Gasteiger partial charge in [-0.3, -0.25) is 4.79 Å². The third-order valence-corrected chi connectivity index (χ3v) is 2.97. The number of fused-ring (bicyclic) bond motifs is 1. The van der Waals surface area contributed by atoms with E-state index in [0.717, 1.165) is 21.3 Å². The Bertz CT molecular complexity index is 401. The quantitative estimate of drug-likeness (QED) is 0.829. The number of halogens is 1. The van der Waals surface area contributed by atoms with Crippen molar-refractivity contribution in [2.75, 3.05) is 19.0 Å². The number of nitrogens with zero attached hydrogens (tertiary/aromatic N) is 1. The van der Waals surface area contributed by atoms with Crippen molar-refractivity contribution < 1.29 is 4.79 Å². The summed E-state index contributed by atoms with van der Waals surface area (Å²) in [7, 11) is 3.97. The Morgan fingerprint density at radius 1 is 1.43 bits per heavy atom. The van der Waals surface area contributed by atoms with E-state index in [1.54, 1.807) is 0 Å². The summed E-state index contributed by atoms with van der Waals surface area (Å²) < 4.78 is 0.957. The number of hydrogen-bond acceptors (Lipinski definition) is 2. The first-order valence-electron chi connectivity index (χ1n) is 4.37.